The molecule has 1 saturated heterocycles. The number of likely N-dealkylation sites (tertiary alicyclic amines) is 1. The molecule has 0 unspecified atom stereocenters. The van der Waals surface area contributed by atoms with Gasteiger partial charge >= 0.3 is 5.97 Å². The molecule has 10 nitrogen and oxygen atoms in total. The monoisotopic (exact) mass is 622 g/mol. The summed E-state index contributed by atoms with van der Waals surface area (Å²) in [6, 6.07) is 6.97. The molecular weight excluding hydrogens is 568 g/mol. The molecule has 0 aliphatic carbocycles. The third-order valence-electron chi connectivity index (χ3n) is 7.72. The number of benzene rings is 1. The summed E-state index contributed by atoms with van der Waals surface area (Å²) in [5.41, 5.74) is 5.43. The number of esters is 1. The van der Waals surface area contributed by atoms with E-state index in [1.165, 1.54) is 4.90 Å². The van der Waals surface area contributed by atoms with Gasteiger partial charge in [-0.05, 0) is 50.3 Å². The molecule has 11 heteroatoms. The van der Waals surface area contributed by atoms with Crippen LogP contribution in [0.4, 0.5) is 0 Å². The SMILES string of the molecule is CCCCCC[C@H](CCCCC[C@@H](O)C(N)=O)OC(=O)[C@@H]1C[C@@H](O)CN1C(=O)c1ccccc1OCOCC[Si](C)(C)C. The highest BCUT2D eigenvalue weighted by Gasteiger charge is 2.41. The van der Waals surface area contributed by atoms with Crippen LogP contribution in [0.1, 0.15) is 87.9 Å². The number of ether oxygens (including phenoxy) is 3. The molecule has 2 rings (SSSR count). The number of nitrogens with zero attached hydrogens (tertiary/aromatic N) is 1. The minimum Gasteiger partial charge on any atom is -0.467 e. The minimum absolute atomic E-state index is 0.0179. The number of aliphatic hydroxyl groups is 2. The van der Waals surface area contributed by atoms with Crippen LogP contribution in [0.5, 0.6) is 5.75 Å². The van der Waals surface area contributed by atoms with Gasteiger partial charge in [-0.25, -0.2) is 4.79 Å². The first-order chi connectivity index (χ1) is 20.4. The second kappa shape index (κ2) is 19.0. The zero-order valence-corrected chi connectivity index (χ0v) is 27.6. The van der Waals surface area contributed by atoms with Crippen LogP contribution in [0.2, 0.25) is 25.7 Å². The van der Waals surface area contributed by atoms with Crippen molar-refractivity contribution in [1.29, 1.82) is 0 Å². The van der Waals surface area contributed by atoms with E-state index in [-0.39, 0.29) is 25.9 Å². The first-order valence-corrected chi connectivity index (χ1v) is 19.6. The van der Waals surface area contributed by atoms with E-state index in [0.717, 1.165) is 44.6 Å². The third-order valence-corrected chi connectivity index (χ3v) is 9.42. The van der Waals surface area contributed by atoms with Gasteiger partial charge in [-0.15, -0.1) is 0 Å². The summed E-state index contributed by atoms with van der Waals surface area (Å²) < 4.78 is 17.4. The highest BCUT2D eigenvalue weighted by atomic mass is 28.3. The molecule has 244 valence electrons. The number of hydrogen-bond donors (Lipinski definition) is 3. The van der Waals surface area contributed by atoms with Crippen LogP contribution in [0.15, 0.2) is 24.3 Å². The lowest BCUT2D eigenvalue weighted by molar-refractivity contribution is -0.154. The number of nitrogens with two attached hydrogens (primary N) is 1. The van der Waals surface area contributed by atoms with Crippen molar-refractivity contribution in [3.63, 3.8) is 0 Å². The van der Waals surface area contributed by atoms with E-state index in [0.29, 0.717) is 43.6 Å². The Kier molecular flexibility index (Phi) is 16.2. The molecule has 1 aliphatic heterocycles. The summed E-state index contributed by atoms with van der Waals surface area (Å²) in [5, 5.41) is 20.1. The Bertz CT molecular complexity index is 1000. The quantitative estimate of drug-likeness (QED) is 0.0778. The first-order valence-electron chi connectivity index (χ1n) is 15.9. The molecule has 0 aromatic heterocycles. The predicted molar refractivity (Wildman–Crippen MR) is 168 cm³/mol. The third kappa shape index (κ3) is 13.8. The molecule has 1 aliphatic rings. The van der Waals surface area contributed by atoms with Crippen LogP contribution in [-0.4, -0.2) is 85.3 Å². The van der Waals surface area contributed by atoms with Gasteiger partial charge in [0.25, 0.3) is 5.91 Å². The second-order valence-electron chi connectivity index (χ2n) is 12.8. The number of hydrogen-bond acceptors (Lipinski definition) is 8. The molecule has 1 heterocycles. The van der Waals surface area contributed by atoms with E-state index in [1.807, 2.05) is 0 Å². The molecule has 0 spiro atoms. The highest BCUT2D eigenvalue weighted by molar-refractivity contribution is 6.76. The fourth-order valence-corrected chi connectivity index (χ4v) is 5.82. The largest absolute Gasteiger partial charge is 0.467 e. The molecule has 1 fully saturated rings. The Morgan fingerprint density at radius 1 is 1.02 bits per heavy atom. The summed E-state index contributed by atoms with van der Waals surface area (Å²) in [6.07, 6.45) is 5.82. The second-order valence-corrected chi connectivity index (χ2v) is 18.4. The Morgan fingerprint density at radius 3 is 2.33 bits per heavy atom. The molecule has 0 bridgehead atoms. The number of carbonyl (C=O) groups excluding carboxylic acids is 3. The standard InChI is InChI=1S/C32H54N2O8Si/c1-5-6-7-9-14-25(15-10-8-11-17-28(36)30(33)37)42-32(39)27-21-24(35)22-34(27)31(38)26-16-12-13-18-29(26)41-23-40-19-20-43(2,3)4/h12-13,16,18,24-25,27-28,35-36H,5-11,14-15,17,19-23H2,1-4H3,(H2,33,37)/t24-,25-,27+,28-/m1/s1. The van der Waals surface area contributed by atoms with E-state index in [1.54, 1.807) is 24.3 Å². The summed E-state index contributed by atoms with van der Waals surface area (Å²) in [7, 11) is -1.23. The van der Waals surface area contributed by atoms with Gasteiger partial charge in [-0.2, -0.15) is 0 Å². The Labute approximate surface area is 258 Å². The van der Waals surface area contributed by atoms with Gasteiger partial charge in [0, 0.05) is 27.6 Å². The molecule has 1 aromatic carbocycles. The molecule has 4 atom stereocenters. The van der Waals surface area contributed by atoms with Gasteiger partial charge in [0.2, 0.25) is 5.91 Å². The van der Waals surface area contributed by atoms with Crippen molar-refractivity contribution in [2.75, 3.05) is 19.9 Å². The van der Waals surface area contributed by atoms with E-state index < -0.39 is 44.1 Å². The number of rotatable bonds is 21. The lowest BCUT2D eigenvalue weighted by Gasteiger charge is -2.26. The zero-order valence-electron chi connectivity index (χ0n) is 26.6. The molecule has 0 saturated carbocycles. The van der Waals surface area contributed by atoms with Crippen molar-refractivity contribution in [2.24, 2.45) is 5.73 Å². The van der Waals surface area contributed by atoms with E-state index in [9.17, 15) is 24.6 Å². The smallest absolute Gasteiger partial charge is 0.329 e. The summed E-state index contributed by atoms with van der Waals surface area (Å²) in [5.74, 6) is -1.27. The topological polar surface area (TPSA) is 149 Å². The van der Waals surface area contributed by atoms with Gasteiger partial charge < -0.3 is 35.1 Å². The maximum Gasteiger partial charge on any atom is 0.329 e. The molecule has 2 amide bonds. The maximum absolute atomic E-state index is 13.7. The maximum atomic E-state index is 13.7. The van der Waals surface area contributed by atoms with Gasteiger partial charge in [0.1, 0.15) is 24.0 Å². The highest BCUT2D eigenvalue weighted by Crippen LogP contribution is 2.27. The van der Waals surface area contributed by atoms with Gasteiger partial charge in [0.15, 0.2) is 6.79 Å². The van der Waals surface area contributed by atoms with Crippen LogP contribution >= 0.6 is 0 Å². The lowest BCUT2D eigenvalue weighted by Crippen LogP contribution is -2.42. The van der Waals surface area contributed by atoms with Crippen LogP contribution in [0.3, 0.4) is 0 Å². The Hall–Kier alpha value is -2.47. The first kappa shape index (κ1) is 36.7. The van der Waals surface area contributed by atoms with Crippen LogP contribution in [0, 0.1) is 0 Å². The Morgan fingerprint density at radius 2 is 1.67 bits per heavy atom. The zero-order chi connectivity index (χ0) is 31.8. The van der Waals surface area contributed by atoms with Crippen molar-refractivity contribution in [3.8, 4) is 5.75 Å². The fourth-order valence-electron chi connectivity index (χ4n) is 5.06. The average Bonchev–Trinajstić information content (AvgIpc) is 3.35. The molecule has 43 heavy (non-hydrogen) atoms. The lowest BCUT2D eigenvalue weighted by atomic mass is 10.0. The van der Waals surface area contributed by atoms with Crippen molar-refractivity contribution >= 4 is 25.9 Å². The number of primary amides is 1. The summed E-state index contributed by atoms with van der Waals surface area (Å²) in [6.45, 7) is 9.59. The van der Waals surface area contributed by atoms with Gasteiger partial charge in [0.05, 0.1) is 11.7 Å². The normalized spacial score (nSPS) is 18.3. The number of para-hydroxylation sites is 1. The van der Waals surface area contributed by atoms with Crippen LogP contribution in [0.25, 0.3) is 0 Å². The number of carbonyl (C=O) groups is 3. The average molecular weight is 623 g/mol. The number of β-amino-alcohol motifs (C(OH)–C–C–N with tert-alkyl or cyclic N) is 1. The summed E-state index contributed by atoms with van der Waals surface area (Å²) in [4.78, 5) is 39.5. The van der Waals surface area contributed by atoms with Crippen LogP contribution < -0.4 is 10.5 Å². The predicted octanol–water partition coefficient (Wildman–Crippen LogP) is 4.63. The van der Waals surface area contributed by atoms with Crippen molar-refractivity contribution < 1.29 is 38.8 Å². The number of aliphatic hydroxyl groups excluding tert-OH is 2. The number of unbranched alkanes of at least 4 members (excludes halogenated alkanes) is 5. The van der Waals surface area contributed by atoms with Crippen LogP contribution in [-0.2, 0) is 19.1 Å². The fraction of sp³-hybridized carbons (Fsp3) is 0.719. The van der Waals surface area contributed by atoms with E-state index in [4.69, 9.17) is 19.9 Å². The van der Waals surface area contributed by atoms with Crippen molar-refractivity contribution in [1.82, 2.24) is 4.90 Å². The summed E-state index contributed by atoms with van der Waals surface area (Å²) >= 11 is 0. The van der Waals surface area contributed by atoms with Crippen molar-refractivity contribution in [2.45, 2.75) is 128 Å². The number of amides is 2. The molecule has 0 radical (unpaired) electrons. The van der Waals surface area contributed by atoms with Gasteiger partial charge in [-0.3, -0.25) is 9.59 Å². The van der Waals surface area contributed by atoms with E-state index >= 15 is 0 Å². The van der Waals surface area contributed by atoms with E-state index in [2.05, 4.69) is 26.6 Å². The van der Waals surface area contributed by atoms with Crippen molar-refractivity contribution in [3.05, 3.63) is 29.8 Å². The molecule has 1 aromatic rings. The Balaban J connectivity index is 2.02. The van der Waals surface area contributed by atoms with Gasteiger partial charge in [-0.1, -0.05) is 70.8 Å². The molecule has 4 N–H and O–H groups in total. The molecular formula is C32H54N2O8Si. The minimum atomic E-state index is -1.23.